The molecule has 0 amide bonds. The molecule has 0 saturated carbocycles. The molecule has 0 fully saturated rings. The van der Waals surface area contributed by atoms with Crippen molar-refractivity contribution in [3.05, 3.63) is 65.4 Å². The van der Waals surface area contributed by atoms with Crippen molar-refractivity contribution in [2.75, 3.05) is 0 Å². The smallest absolute Gasteiger partial charge is 0.355 e. The number of hydrogen-bond donors (Lipinski definition) is 1. The van der Waals surface area contributed by atoms with Gasteiger partial charge in [-0.3, -0.25) is 0 Å². The van der Waals surface area contributed by atoms with E-state index in [0.717, 1.165) is 33.7 Å². The molecular weight excluding hydrogens is 438 g/mol. The minimum atomic E-state index is -0.999. The van der Waals surface area contributed by atoms with Gasteiger partial charge in [0.1, 0.15) is 11.3 Å². The Morgan fingerprint density at radius 1 is 0.971 bits per heavy atom. The van der Waals surface area contributed by atoms with Crippen LogP contribution in [0.3, 0.4) is 0 Å². The van der Waals surface area contributed by atoms with Gasteiger partial charge in [-0.15, -0.1) is 0 Å². The fourth-order valence-corrected chi connectivity index (χ4v) is 4.20. The molecule has 1 atom stereocenters. The topological polar surface area (TPSA) is 68.0 Å². The van der Waals surface area contributed by atoms with Gasteiger partial charge in [-0.2, -0.15) is 0 Å². The molecule has 0 aliphatic rings. The molecule has 2 aromatic heterocycles. The van der Waals surface area contributed by atoms with Gasteiger partial charge in [-0.05, 0) is 62.3 Å². The molecule has 0 saturated heterocycles. The lowest BCUT2D eigenvalue weighted by Gasteiger charge is -2.21. The molecule has 0 aliphatic heterocycles. The molecule has 5 nitrogen and oxygen atoms in total. The van der Waals surface area contributed by atoms with Gasteiger partial charge in [0.15, 0.2) is 0 Å². The van der Waals surface area contributed by atoms with Gasteiger partial charge < -0.3 is 14.2 Å². The van der Waals surface area contributed by atoms with Crippen molar-refractivity contribution >= 4 is 39.1 Å². The number of fused-ring (bicyclic) bond motifs is 5. The van der Waals surface area contributed by atoms with Crippen LogP contribution in [-0.2, 0) is 4.74 Å². The zero-order chi connectivity index (χ0) is 25.9. The van der Waals surface area contributed by atoms with Gasteiger partial charge >= 0.3 is 11.9 Å². The number of aromatic nitrogens is 1. The van der Waals surface area contributed by atoms with Crippen molar-refractivity contribution in [3.63, 3.8) is 0 Å². The van der Waals surface area contributed by atoms with E-state index in [0.29, 0.717) is 11.2 Å². The number of rotatable bonds is 5. The number of carbonyl (C=O) groups is 2. The van der Waals surface area contributed by atoms with Gasteiger partial charge in [0.05, 0.1) is 16.6 Å². The van der Waals surface area contributed by atoms with Crippen LogP contribution in [0.25, 0.3) is 27.2 Å². The van der Waals surface area contributed by atoms with Crippen molar-refractivity contribution in [3.8, 4) is 0 Å². The summed E-state index contributed by atoms with van der Waals surface area (Å²) in [4.78, 5) is 25.0. The van der Waals surface area contributed by atoms with Gasteiger partial charge in [0.2, 0.25) is 0 Å². The standard InChI is InChI=1S/C26H27NO4.C4H10/c1-6-15(2)22-19-12-11-17(24(28)29)14-20(19)27-21(25(30)31-26(3,4)5)13-16-9-7-8-10-18(16)23(22)27;1-3-4-2/h7-15H,6H2,1-5H3,(H,28,29);3-4H2,1-2H3. The number of benzene rings is 2. The fourth-order valence-electron chi connectivity index (χ4n) is 4.20. The van der Waals surface area contributed by atoms with E-state index in [1.807, 2.05) is 61.6 Å². The highest BCUT2D eigenvalue weighted by atomic mass is 16.6. The Bertz CT molecular complexity index is 1370. The number of nitrogens with zero attached hydrogens (tertiary/aromatic N) is 1. The first-order valence-corrected chi connectivity index (χ1v) is 12.5. The maximum Gasteiger partial charge on any atom is 0.355 e. The highest BCUT2D eigenvalue weighted by Gasteiger charge is 2.26. The van der Waals surface area contributed by atoms with Gasteiger partial charge in [-0.1, -0.05) is 70.9 Å². The monoisotopic (exact) mass is 475 g/mol. The second-order valence-corrected chi connectivity index (χ2v) is 10.1. The third kappa shape index (κ3) is 5.34. The van der Waals surface area contributed by atoms with Crippen molar-refractivity contribution in [2.45, 2.75) is 79.2 Å². The number of esters is 1. The normalized spacial score (nSPS) is 12.4. The maximum absolute atomic E-state index is 13.3. The SMILES string of the molecule is CCC(C)c1c2ccc(C(=O)O)cc2n2c(C(=O)OC(C)(C)C)cc3ccccc3c12.CCCC. The summed E-state index contributed by atoms with van der Waals surface area (Å²) in [5.41, 5.74) is 2.69. The summed E-state index contributed by atoms with van der Waals surface area (Å²) in [6.45, 7) is 14.2. The zero-order valence-corrected chi connectivity index (χ0v) is 21.9. The Hall–Kier alpha value is -3.34. The summed E-state index contributed by atoms with van der Waals surface area (Å²) in [5.74, 6) is -1.21. The number of unbranched alkanes of at least 4 members (excludes halogenated alkanes) is 1. The number of carboxylic acids is 1. The Morgan fingerprint density at radius 2 is 1.63 bits per heavy atom. The second-order valence-electron chi connectivity index (χ2n) is 10.1. The van der Waals surface area contributed by atoms with Crippen LogP contribution in [0.2, 0.25) is 0 Å². The first-order chi connectivity index (χ1) is 16.5. The van der Waals surface area contributed by atoms with E-state index < -0.39 is 17.5 Å². The average Bonchev–Trinajstić information content (AvgIpc) is 3.16. The summed E-state index contributed by atoms with van der Waals surface area (Å²) < 4.78 is 7.62. The molecule has 186 valence electrons. The van der Waals surface area contributed by atoms with E-state index in [1.165, 1.54) is 12.8 Å². The molecule has 5 heteroatoms. The predicted octanol–water partition coefficient (Wildman–Crippen LogP) is 8.22. The molecule has 4 aromatic rings. The van der Waals surface area contributed by atoms with Crippen molar-refractivity contribution < 1.29 is 19.4 Å². The highest BCUT2D eigenvalue weighted by Crippen LogP contribution is 2.39. The molecule has 0 radical (unpaired) electrons. The summed E-state index contributed by atoms with van der Waals surface area (Å²) in [7, 11) is 0. The largest absolute Gasteiger partial charge is 0.478 e. The molecule has 1 unspecified atom stereocenters. The van der Waals surface area contributed by atoms with Crippen LogP contribution in [0.4, 0.5) is 0 Å². The zero-order valence-electron chi connectivity index (χ0n) is 21.9. The van der Waals surface area contributed by atoms with Gasteiger partial charge in [0, 0.05) is 10.8 Å². The molecular formula is C30H37NO4. The Balaban J connectivity index is 0.000000795. The quantitative estimate of drug-likeness (QED) is 0.295. The molecule has 0 spiro atoms. The fraction of sp³-hybridized carbons (Fsp3) is 0.400. The van der Waals surface area contributed by atoms with Crippen LogP contribution >= 0.6 is 0 Å². The van der Waals surface area contributed by atoms with Crippen LogP contribution in [0.15, 0.2) is 48.5 Å². The Morgan fingerprint density at radius 3 is 2.20 bits per heavy atom. The van der Waals surface area contributed by atoms with Crippen LogP contribution < -0.4 is 0 Å². The number of pyridine rings is 1. The lowest BCUT2D eigenvalue weighted by molar-refractivity contribution is 0.00617. The van der Waals surface area contributed by atoms with Crippen molar-refractivity contribution in [1.82, 2.24) is 4.40 Å². The van der Waals surface area contributed by atoms with E-state index >= 15 is 0 Å². The Kier molecular flexibility index (Phi) is 7.89. The lowest BCUT2D eigenvalue weighted by atomic mass is 9.94. The number of hydrogen-bond acceptors (Lipinski definition) is 3. The van der Waals surface area contributed by atoms with Crippen LogP contribution in [0, 0.1) is 0 Å². The number of aromatic carboxylic acids is 1. The molecule has 2 aromatic carbocycles. The van der Waals surface area contributed by atoms with E-state index in [-0.39, 0.29) is 11.5 Å². The number of carbonyl (C=O) groups excluding carboxylic acids is 1. The van der Waals surface area contributed by atoms with E-state index in [4.69, 9.17) is 4.74 Å². The lowest BCUT2D eigenvalue weighted by Crippen LogP contribution is -2.25. The predicted molar refractivity (Wildman–Crippen MR) is 144 cm³/mol. The van der Waals surface area contributed by atoms with Gasteiger partial charge in [-0.25, -0.2) is 9.59 Å². The minimum absolute atomic E-state index is 0.186. The minimum Gasteiger partial charge on any atom is -0.478 e. The molecule has 2 heterocycles. The second kappa shape index (κ2) is 10.5. The molecule has 0 aliphatic carbocycles. The van der Waals surface area contributed by atoms with E-state index in [9.17, 15) is 14.7 Å². The first kappa shape index (κ1) is 26.3. The summed E-state index contributed by atoms with van der Waals surface area (Å²) in [6.07, 6.45) is 3.56. The Labute approximate surface area is 207 Å². The average molecular weight is 476 g/mol. The maximum atomic E-state index is 13.3. The molecule has 4 rings (SSSR count). The highest BCUT2D eigenvalue weighted by molar-refractivity contribution is 6.10. The van der Waals surface area contributed by atoms with Gasteiger partial charge in [0.25, 0.3) is 0 Å². The number of carboxylic acid groups (broad SMARTS) is 1. The van der Waals surface area contributed by atoms with Crippen LogP contribution in [-0.4, -0.2) is 27.0 Å². The number of ether oxygens (including phenoxy) is 1. The summed E-state index contributed by atoms with van der Waals surface area (Å²) >= 11 is 0. The van der Waals surface area contributed by atoms with Crippen LogP contribution in [0.1, 0.15) is 100 Å². The molecule has 35 heavy (non-hydrogen) atoms. The van der Waals surface area contributed by atoms with E-state index in [2.05, 4.69) is 27.7 Å². The first-order valence-electron chi connectivity index (χ1n) is 12.5. The van der Waals surface area contributed by atoms with Crippen molar-refractivity contribution in [1.29, 1.82) is 0 Å². The van der Waals surface area contributed by atoms with Crippen molar-refractivity contribution in [2.24, 2.45) is 0 Å². The third-order valence-electron chi connectivity index (χ3n) is 6.22. The van der Waals surface area contributed by atoms with E-state index in [1.54, 1.807) is 12.1 Å². The third-order valence-corrected chi connectivity index (χ3v) is 6.22. The summed E-state index contributed by atoms with van der Waals surface area (Å²) in [5, 5.41) is 12.5. The summed E-state index contributed by atoms with van der Waals surface area (Å²) in [6, 6.07) is 15.0. The van der Waals surface area contributed by atoms with Crippen LogP contribution in [0.5, 0.6) is 0 Å². The molecule has 0 bridgehead atoms. The molecule has 1 N–H and O–H groups in total.